The Hall–Kier alpha value is -2.90. The number of nitrogens with zero attached hydrogens (tertiary/aromatic N) is 5. The van der Waals surface area contributed by atoms with Crippen LogP contribution in [0.2, 0.25) is 0 Å². The molecule has 0 aliphatic carbocycles. The summed E-state index contributed by atoms with van der Waals surface area (Å²) in [5, 5.41) is 30.2. The molecule has 35 heavy (non-hydrogen) atoms. The van der Waals surface area contributed by atoms with E-state index in [1.165, 1.54) is 29.2 Å². The van der Waals surface area contributed by atoms with Crippen LogP contribution in [0.5, 0.6) is 0 Å². The summed E-state index contributed by atoms with van der Waals surface area (Å²) in [5.74, 6) is -0.809. The number of esters is 1. The first-order valence-corrected chi connectivity index (χ1v) is 13.0. The molecule has 1 aromatic carbocycles. The van der Waals surface area contributed by atoms with Crippen molar-refractivity contribution in [3.63, 3.8) is 0 Å². The number of nitro benzene ring substituents is 1. The molecule has 1 fully saturated rings. The van der Waals surface area contributed by atoms with Gasteiger partial charge >= 0.3 is 5.97 Å². The number of rotatable bonds is 7. The van der Waals surface area contributed by atoms with Crippen molar-refractivity contribution in [1.29, 1.82) is 0 Å². The fraction of sp³-hybridized carbons (Fsp3) is 0.455. The molecule has 2 aromatic rings. The summed E-state index contributed by atoms with van der Waals surface area (Å²) in [6.45, 7) is 4.11. The van der Waals surface area contributed by atoms with Crippen LogP contribution in [0.15, 0.2) is 46.1 Å². The van der Waals surface area contributed by atoms with Crippen LogP contribution in [0.25, 0.3) is 0 Å². The first-order chi connectivity index (χ1) is 16.8. The van der Waals surface area contributed by atoms with Gasteiger partial charge in [-0.05, 0) is 24.6 Å². The zero-order chi connectivity index (χ0) is 24.9. The summed E-state index contributed by atoms with van der Waals surface area (Å²) in [6.07, 6.45) is 0.901. The molecular formula is C22H23N5O6S2. The lowest BCUT2D eigenvalue weighted by molar-refractivity contribution is -0.384. The zero-order valence-corrected chi connectivity index (χ0v) is 20.6. The van der Waals surface area contributed by atoms with Crippen molar-refractivity contribution in [1.82, 2.24) is 19.9 Å². The minimum atomic E-state index is -0.823. The van der Waals surface area contributed by atoms with Gasteiger partial charge in [0.05, 0.1) is 35.7 Å². The number of thioether (sulfide) groups is 2. The molecule has 1 saturated heterocycles. The van der Waals surface area contributed by atoms with Gasteiger partial charge in [0.2, 0.25) is 5.91 Å². The van der Waals surface area contributed by atoms with Crippen LogP contribution in [0.1, 0.15) is 19.4 Å². The van der Waals surface area contributed by atoms with E-state index in [1.54, 1.807) is 36.6 Å². The molecule has 1 unspecified atom stereocenters. The maximum atomic E-state index is 13.3. The topological polar surface area (TPSA) is 141 Å². The fourth-order valence-corrected chi connectivity index (χ4v) is 7.30. The minimum absolute atomic E-state index is 0.0508. The summed E-state index contributed by atoms with van der Waals surface area (Å²) in [5.41, 5.74) is 0.774. The normalized spacial score (nSPS) is 26.1. The summed E-state index contributed by atoms with van der Waals surface area (Å²) in [6, 6.07) is 5.46. The van der Waals surface area contributed by atoms with Crippen molar-refractivity contribution < 1.29 is 24.4 Å². The number of hydrogen-bond donors (Lipinski definition) is 1. The highest BCUT2D eigenvalue weighted by Gasteiger charge is 2.60. The molecular weight excluding hydrogens is 494 g/mol. The highest BCUT2D eigenvalue weighted by Crippen LogP contribution is 2.52. The number of non-ortho nitro benzene ring substituents is 1. The van der Waals surface area contributed by atoms with Gasteiger partial charge in [-0.2, -0.15) is 0 Å². The Labute approximate surface area is 209 Å². The van der Waals surface area contributed by atoms with E-state index in [1.807, 2.05) is 11.6 Å². The number of hydrogen-bond acceptors (Lipinski definition) is 10. The third-order valence-corrected chi connectivity index (χ3v) is 9.35. The van der Waals surface area contributed by atoms with Gasteiger partial charge in [0.15, 0.2) is 0 Å². The predicted octanol–water partition coefficient (Wildman–Crippen LogP) is 2.21. The quantitative estimate of drug-likeness (QED) is 0.251. The first kappa shape index (κ1) is 23.8. The lowest BCUT2D eigenvalue weighted by Gasteiger charge is -2.46. The number of aliphatic hydroxyl groups excluding tert-OH is 1. The second-order valence-corrected chi connectivity index (χ2v) is 11.2. The third-order valence-electron chi connectivity index (χ3n) is 6.49. The molecule has 1 N–H and O–H groups in total. The summed E-state index contributed by atoms with van der Waals surface area (Å²) >= 11 is 3.19. The van der Waals surface area contributed by atoms with Gasteiger partial charge in [-0.15, -0.1) is 28.6 Å². The summed E-state index contributed by atoms with van der Waals surface area (Å²) < 4.78 is 7.38. The smallest absolute Gasteiger partial charge is 0.356 e. The largest absolute Gasteiger partial charge is 0.456 e. The van der Waals surface area contributed by atoms with E-state index < -0.39 is 22.9 Å². The fourth-order valence-electron chi connectivity index (χ4n) is 4.76. The predicted molar refractivity (Wildman–Crippen MR) is 127 cm³/mol. The van der Waals surface area contributed by atoms with Gasteiger partial charge in [0.1, 0.15) is 17.3 Å². The highest BCUT2D eigenvalue weighted by atomic mass is 32.2. The monoisotopic (exact) mass is 517 g/mol. The maximum absolute atomic E-state index is 13.3. The van der Waals surface area contributed by atoms with Gasteiger partial charge in [0, 0.05) is 34.0 Å². The van der Waals surface area contributed by atoms with Crippen LogP contribution in [-0.2, 0) is 27.5 Å². The second kappa shape index (κ2) is 9.28. The minimum Gasteiger partial charge on any atom is -0.456 e. The average Bonchev–Trinajstić information content (AvgIpc) is 3.38. The van der Waals surface area contributed by atoms with Gasteiger partial charge in [0.25, 0.3) is 5.69 Å². The van der Waals surface area contributed by atoms with Crippen LogP contribution < -0.4 is 0 Å². The Morgan fingerprint density at radius 1 is 1.40 bits per heavy atom. The number of aliphatic hydroxyl groups is 1. The molecule has 184 valence electrons. The number of benzene rings is 1. The van der Waals surface area contributed by atoms with Crippen molar-refractivity contribution >= 4 is 41.1 Å². The standard InChI is InChI=1S/C22H23N5O6S2/c1-11-18-17(12(2)28)21(29)26(18)19(20(11)35-15-8-25-16(34-10-15)7-23-24-25)22(30)33-9-13-3-5-14(6-4-13)27(31)32/h3-7,11-12,15,17-18,28H,8-10H2,1-2H3/t11-,12-,15?,17-,18-/m1/s1. The maximum Gasteiger partial charge on any atom is 0.356 e. The molecule has 5 atom stereocenters. The van der Waals surface area contributed by atoms with Crippen LogP contribution in [0, 0.1) is 22.0 Å². The summed E-state index contributed by atoms with van der Waals surface area (Å²) in [4.78, 5) is 38.8. The van der Waals surface area contributed by atoms with Crippen molar-refractivity contribution in [2.45, 2.75) is 49.4 Å². The number of carbonyl (C=O) groups excluding carboxylic acids is 2. The molecule has 0 radical (unpaired) electrons. The molecule has 0 saturated carbocycles. The van der Waals surface area contributed by atoms with E-state index in [4.69, 9.17) is 4.74 Å². The SMILES string of the molecule is C[C@@H](O)[C@H]1C(=O)N2C(C(=O)OCc3ccc([N+](=O)[O-])cc3)=C(SC3CSc4cnnn4C3)[C@H](C)[C@H]12. The molecule has 3 aliphatic heterocycles. The van der Waals surface area contributed by atoms with Crippen molar-refractivity contribution in [3.8, 4) is 0 Å². The van der Waals surface area contributed by atoms with Gasteiger partial charge < -0.3 is 14.7 Å². The number of amides is 1. The summed E-state index contributed by atoms with van der Waals surface area (Å²) in [7, 11) is 0. The Kier molecular flexibility index (Phi) is 6.32. The number of ether oxygens (including phenoxy) is 1. The molecule has 1 aromatic heterocycles. The Morgan fingerprint density at radius 2 is 2.14 bits per heavy atom. The number of carbonyl (C=O) groups is 2. The van der Waals surface area contributed by atoms with Crippen LogP contribution in [0.4, 0.5) is 5.69 Å². The van der Waals surface area contributed by atoms with Gasteiger partial charge in [-0.3, -0.25) is 14.9 Å². The van der Waals surface area contributed by atoms with Crippen LogP contribution in [-0.4, -0.2) is 64.9 Å². The number of aromatic nitrogens is 3. The van der Waals surface area contributed by atoms with Crippen LogP contribution >= 0.6 is 23.5 Å². The number of β-lactam (4-membered cyclic amide) rings is 1. The second-order valence-electron chi connectivity index (χ2n) is 8.77. The van der Waals surface area contributed by atoms with Crippen molar-refractivity contribution in [3.05, 3.63) is 56.7 Å². The Bertz CT molecular complexity index is 1210. The van der Waals surface area contributed by atoms with Crippen LogP contribution in [0.3, 0.4) is 0 Å². The van der Waals surface area contributed by atoms with Crippen molar-refractivity contribution in [2.24, 2.45) is 11.8 Å². The van der Waals surface area contributed by atoms with Crippen molar-refractivity contribution in [2.75, 3.05) is 5.75 Å². The molecule has 13 heteroatoms. The van der Waals surface area contributed by atoms with E-state index in [2.05, 4.69) is 10.3 Å². The molecule has 1 amide bonds. The van der Waals surface area contributed by atoms with E-state index in [9.17, 15) is 24.8 Å². The van der Waals surface area contributed by atoms with Gasteiger partial charge in [-0.1, -0.05) is 12.1 Å². The van der Waals surface area contributed by atoms with Gasteiger partial charge in [-0.25, -0.2) is 9.48 Å². The third kappa shape index (κ3) is 4.21. The van der Waals surface area contributed by atoms with E-state index >= 15 is 0 Å². The Balaban J connectivity index is 1.37. The van der Waals surface area contributed by atoms with E-state index in [0.29, 0.717) is 12.1 Å². The molecule has 5 rings (SSSR count). The highest BCUT2D eigenvalue weighted by molar-refractivity contribution is 8.05. The number of fused-ring (bicyclic) bond motifs is 2. The van der Waals surface area contributed by atoms with E-state index in [0.717, 1.165) is 15.7 Å². The molecule has 4 heterocycles. The lowest BCUT2D eigenvalue weighted by Crippen LogP contribution is -2.63. The lowest BCUT2D eigenvalue weighted by atomic mass is 9.79. The number of nitro groups is 1. The molecule has 0 spiro atoms. The first-order valence-electron chi connectivity index (χ1n) is 11.1. The average molecular weight is 518 g/mol. The Morgan fingerprint density at radius 3 is 2.83 bits per heavy atom. The molecule has 0 bridgehead atoms. The molecule has 11 nitrogen and oxygen atoms in total. The molecule has 3 aliphatic rings. The van der Waals surface area contributed by atoms with E-state index in [-0.39, 0.29) is 41.1 Å². The zero-order valence-electron chi connectivity index (χ0n) is 18.9.